The third-order valence-electron chi connectivity index (χ3n) is 8.78. The Hall–Kier alpha value is -3.72. The van der Waals surface area contributed by atoms with Crippen LogP contribution in [-0.2, 0) is 0 Å². The van der Waals surface area contributed by atoms with Crippen LogP contribution in [0.3, 0.4) is 0 Å². The maximum atomic E-state index is 10.6. The van der Waals surface area contributed by atoms with E-state index in [1.807, 2.05) is 39.0 Å². The Morgan fingerprint density at radius 3 is 0.762 bits per heavy atom. The summed E-state index contributed by atoms with van der Waals surface area (Å²) in [7, 11) is 0. The van der Waals surface area contributed by atoms with Gasteiger partial charge in [-0.15, -0.1) is 0 Å². The van der Waals surface area contributed by atoms with Crippen LogP contribution >= 0.6 is 0 Å². The van der Waals surface area contributed by atoms with Crippen molar-refractivity contribution in [3.63, 3.8) is 0 Å². The van der Waals surface area contributed by atoms with E-state index in [0.29, 0.717) is 17.2 Å². The molecule has 0 aliphatic rings. The first-order chi connectivity index (χ1) is 19.6. The predicted molar refractivity (Wildman–Crippen MR) is 178 cm³/mol. The van der Waals surface area contributed by atoms with E-state index < -0.39 is 0 Å². The van der Waals surface area contributed by atoms with Crippen LogP contribution in [0.15, 0.2) is 36.4 Å². The summed E-state index contributed by atoms with van der Waals surface area (Å²) in [5.74, 6) is 1.52. The SMILES string of the molecule is Cc1cc(-c2c(C(C)C)c(-c3cc(C)c(O)cc3C)c(C(C)C)c(-c3cc(C)c(O)cc3C)c2C(C)C)c(C)cc1O. The first-order valence-electron chi connectivity index (χ1n) is 15.2. The molecule has 3 N–H and O–H groups in total. The predicted octanol–water partition coefficient (Wildman–Crippen LogP) is 11.0. The van der Waals surface area contributed by atoms with Gasteiger partial charge in [-0.1, -0.05) is 41.5 Å². The van der Waals surface area contributed by atoms with Gasteiger partial charge in [0.25, 0.3) is 0 Å². The van der Waals surface area contributed by atoms with Gasteiger partial charge in [0, 0.05) is 0 Å². The molecule has 3 nitrogen and oxygen atoms in total. The van der Waals surface area contributed by atoms with E-state index in [1.165, 1.54) is 33.4 Å². The number of phenolic OH excluding ortho intramolecular Hbond substituents is 3. The Morgan fingerprint density at radius 2 is 0.571 bits per heavy atom. The maximum absolute atomic E-state index is 10.6. The minimum atomic E-state index is 0.198. The first kappa shape index (κ1) is 31.2. The number of aryl methyl sites for hydroxylation is 6. The zero-order valence-electron chi connectivity index (χ0n) is 27.5. The smallest absolute Gasteiger partial charge is 0.118 e. The number of benzene rings is 4. The van der Waals surface area contributed by atoms with Crippen molar-refractivity contribution in [1.29, 1.82) is 0 Å². The fourth-order valence-corrected chi connectivity index (χ4v) is 6.62. The summed E-state index contributed by atoms with van der Waals surface area (Å²) in [5, 5.41) is 31.9. The number of hydrogen-bond donors (Lipinski definition) is 3. The molecule has 0 saturated heterocycles. The fraction of sp³-hybridized carbons (Fsp3) is 0.385. The topological polar surface area (TPSA) is 60.7 Å². The lowest BCUT2D eigenvalue weighted by Crippen LogP contribution is -2.12. The van der Waals surface area contributed by atoms with Crippen LogP contribution < -0.4 is 0 Å². The van der Waals surface area contributed by atoms with Crippen molar-refractivity contribution in [1.82, 2.24) is 0 Å². The zero-order valence-corrected chi connectivity index (χ0v) is 27.5. The first-order valence-corrected chi connectivity index (χ1v) is 15.2. The van der Waals surface area contributed by atoms with Crippen LogP contribution in [0.1, 0.15) is 109 Å². The molecule has 0 bridgehead atoms. The number of aromatic hydroxyl groups is 3. The number of rotatable bonds is 6. The summed E-state index contributed by atoms with van der Waals surface area (Å²) in [4.78, 5) is 0. The van der Waals surface area contributed by atoms with Gasteiger partial charge in [-0.2, -0.15) is 0 Å². The van der Waals surface area contributed by atoms with Crippen LogP contribution in [0.4, 0.5) is 0 Å². The molecule has 0 aliphatic heterocycles. The third kappa shape index (κ3) is 5.30. The monoisotopic (exact) mass is 564 g/mol. The zero-order chi connectivity index (χ0) is 31.4. The van der Waals surface area contributed by atoms with Gasteiger partial charge in [-0.25, -0.2) is 0 Å². The van der Waals surface area contributed by atoms with Crippen LogP contribution in [0, 0.1) is 41.5 Å². The standard InChI is InChI=1S/C39H48O3/c1-19(2)34-37(28-13-25(10)31(40)16-22(28)7)35(20(3)4)39(30-15-27(12)33(42)18-24(30)9)36(21(5)6)38(34)29-14-26(11)32(41)17-23(29)8/h13-21,40-42H,1-12H3. The number of hydrogen-bond acceptors (Lipinski definition) is 3. The van der Waals surface area contributed by atoms with Crippen LogP contribution in [0.5, 0.6) is 17.2 Å². The van der Waals surface area contributed by atoms with E-state index in [9.17, 15) is 15.3 Å². The second kappa shape index (κ2) is 11.5. The van der Waals surface area contributed by atoms with Gasteiger partial charge >= 0.3 is 0 Å². The van der Waals surface area contributed by atoms with Gasteiger partial charge in [-0.05, 0) is 179 Å². The fourth-order valence-electron chi connectivity index (χ4n) is 6.62. The van der Waals surface area contributed by atoms with Crippen molar-refractivity contribution in [3.05, 3.63) is 86.5 Å². The molecular weight excluding hydrogens is 516 g/mol. The number of phenols is 3. The molecule has 0 saturated carbocycles. The molecule has 4 aromatic rings. The molecule has 0 aliphatic carbocycles. The molecular formula is C39H48O3. The molecule has 0 spiro atoms. The molecule has 0 aromatic heterocycles. The normalized spacial score (nSPS) is 11.8. The summed E-state index contributed by atoms with van der Waals surface area (Å²) in [5.41, 5.74) is 16.6. The van der Waals surface area contributed by atoms with E-state index in [-0.39, 0.29) is 17.8 Å². The largest absolute Gasteiger partial charge is 0.508 e. The van der Waals surface area contributed by atoms with Gasteiger partial charge in [0.15, 0.2) is 0 Å². The Labute approximate surface area is 252 Å². The Morgan fingerprint density at radius 1 is 0.357 bits per heavy atom. The second-order valence-corrected chi connectivity index (χ2v) is 13.2. The molecule has 0 heterocycles. The van der Waals surface area contributed by atoms with E-state index in [2.05, 4.69) is 80.5 Å². The molecule has 0 fully saturated rings. The van der Waals surface area contributed by atoms with Gasteiger partial charge in [0.05, 0.1) is 0 Å². The lowest BCUT2D eigenvalue weighted by Gasteiger charge is -2.34. The van der Waals surface area contributed by atoms with E-state index >= 15 is 0 Å². The van der Waals surface area contributed by atoms with Crippen molar-refractivity contribution < 1.29 is 15.3 Å². The molecule has 42 heavy (non-hydrogen) atoms. The molecule has 3 heteroatoms. The highest BCUT2D eigenvalue weighted by atomic mass is 16.3. The van der Waals surface area contributed by atoms with E-state index in [4.69, 9.17) is 0 Å². The van der Waals surface area contributed by atoms with E-state index in [0.717, 1.165) is 50.1 Å². The van der Waals surface area contributed by atoms with Gasteiger partial charge < -0.3 is 15.3 Å². The highest BCUT2D eigenvalue weighted by Gasteiger charge is 2.32. The molecule has 0 amide bonds. The van der Waals surface area contributed by atoms with Crippen molar-refractivity contribution in [2.24, 2.45) is 0 Å². The Kier molecular flexibility index (Phi) is 8.56. The molecule has 0 atom stereocenters. The van der Waals surface area contributed by atoms with Gasteiger partial charge in [0.1, 0.15) is 17.2 Å². The third-order valence-corrected chi connectivity index (χ3v) is 8.78. The summed E-state index contributed by atoms with van der Waals surface area (Å²) >= 11 is 0. The summed E-state index contributed by atoms with van der Waals surface area (Å²) in [6.45, 7) is 25.8. The van der Waals surface area contributed by atoms with E-state index in [1.54, 1.807) is 0 Å². The lowest BCUT2D eigenvalue weighted by atomic mass is 9.70. The molecule has 4 aromatic carbocycles. The van der Waals surface area contributed by atoms with Crippen molar-refractivity contribution in [2.45, 2.75) is 101 Å². The quantitative estimate of drug-likeness (QED) is 0.218. The average molecular weight is 565 g/mol. The average Bonchev–Trinajstić information content (AvgIpc) is 2.88. The molecule has 0 radical (unpaired) electrons. The highest BCUT2D eigenvalue weighted by molar-refractivity contribution is 5.95. The summed E-state index contributed by atoms with van der Waals surface area (Å²) in [6.07, 6.45) is 0. The van der Waals surface area contributed by atoms with Crippen molar-refractivity contribution >= 4 is 0 Å². The minimum Gasteiger partial charge on any atom is -0.508 e. The van der Waals surface area contributed by atoms with Gasteiger partial charge in [-0.3, -0.25) is 0 Å². The molecule has 4 rings (SSSR count). The van der Waals surface area contributed by atoms with Crippen molar-refractivity contribution in [2.75, 3.05) is 0 Å². The Bertz CT molecular complexity index is 1470. The maximum Gasteiger partial charge on any atom is 0.118 e. The van der Waals surface area contributed by atoms with Crippen LogP contribution in [-0.4, -0.2) is 15.3 Å². The molecule has 0 unspecified atom stereocenters. The van der Waals surface area contributed by atoms with Gasteiger partial charge in [0.2, 0.25) is 0 Å². The highest BCUT2D eigenvalue weighted by Crippen LogP contribution is 2.54. The Balaban J connectivity index is 2.45. The summed E-state index contributed by atoms with van der Waals surface area (Å²) in [6, 6.07) is 12.1. The lowest BCUT2D eigenvalue weighted by molar-refractivity contribution is 0.470. The summed E-state index contributed by atoms with van der Waals surface area (Å²) < 4.78 is 0. The van der Waals surface area contributed by atoms with Crippen LogP contribution in [0.25, 0.3) is 33.4 Å². The van der Waals surface area contributed by atoms with Crippen LogP contribution in [0.2, 0.25) is 0 Å². The minimum absolute atomic E-state index is 0.198. The van der Waals surface area contributed by atoms with Crippen molar-refractivity contribution in [3.8, 4) is 50.6 Å². The second-order valence-electron chi connectivity index (χ2n) is 13.2. The molecule has 222 valence electrons.